The van der Waals surface area contributed by atoms with Gasteiger partial charge in [0.15, 0.2) is 5.41 Å². The van der Waals surface area contributed by atoms with Crippen molar-refractivity contribution in [3.05, 3.63) is 28.5 Å². The summed E-state index contributed by atoms with van der Waals surface area (Å²) in [5.74, 6) is -1.66. The molecule has 0 bridgehead atoms. The van der Waals surface area contributed by atoms with E-state index in [4.69, 9.17) is 9.47 Å². The van der Waals surface area contributed by atoms with E-state index in [-0.39, 0.29) is 5.75 Å². The second-order valence-corrected chi connectivity index (χ2v) is 7.35. The third kappa shape index (κ3) is 7.14. The maximum absolute atomic E-state index is 13.1. The van der Waals surface area contributed by atoms with Crippen molar-refractivity contribution in [1.82, 2.24) is 0 Å². The van der Waals surface area contributed by atoms with Crippen LogP contribution in [0.15, 0.2) is 22.7 Å². The number of benzene rings is 1. The highest BCUT2D eigenvalue weighted by molar-refractivity contribution is 9.10. The van der Waals surface area contributed by atoms with Crippen LogP contribution in [0.5, 0.6) is 5.75 Å². The molecule has 140 valence electrons. The van der Waals surface area contributed by atoms with E-state index < -0.39 is 23.2 Å². The molecule has 4 nitrogen and oxygen atoms in total. The summed E-state index contributed by atoms with van der Waals surface area (Å²) in [6.07, 6.45) is 6.50. The van der Waals surface area contributed by atoms with Gasteiger partial charge >= 0.3 is 11.9 Å². The number of unbranched alkanes of at least 4 members (excludes halogenated alkanes) is 5. The smallest absolute Gasteiger partial charge is 0.328 e. The second-order valence-electron chi connectivity index (χ2n) is 6.49. The molecule has 0 saturated heterocycles. The van der Waals surface area contributed by atoms with E-state index in [0.717, 1.165) is 19.3 Å². The van der Waals surface area contributed by atoms with Crippen LogP contribution in [-0.4, -0.2) is 18.5 Å². The van der Waals surface area contributed by atoms with Gasteiger partial charge in [-0.2, -0.15) is 0 Å². The summed E-state index contributed by atoms with van der Waals surface area (Å²) in [6, 6.07) is 3.69. The van der Waals surface area contributed by atoms with Crippen molar-refractivity contribution in [3.63, 3.8) is 0 Å². The quantitative estimate of drug-likeness (QED) is 0.221. The molecule has 1 rings (SSSR count). The largest absolute Gasteiger partial charge is 0.465 e. The van der Waals surface area contributed by atoms with Gasteiger partial charge in [-0.25, -0.2) is 4.39 Å². The molecule has 0 radical (unpaired) electrons. The van der Waals surface area contributed by atoms with Crippen molar-refractivity contribution in [2.45, 2.75) is 59.3 Å². The summed E-state index contributed by atoms with van der Waals surface area (Å²) in [7, 11) is 0. The van der Waals surface area contributed by atoms with Crippen LogP contribution in [0.1, 0.15) is 59.3 Å². The average Bonchev–Trinajstić information content (AvgIpc) is 2.56. The highest BCUT2D eigenvalue weighted by Crippen LogP contribution is 2.29. The SMILES string of the molecule is CCCCCCCCOC(=O)C(C)(C)C(=O)Oc1ccc(F)cc1Br. The van der Waals surface area contributed by atoms with Crippen LogP contribution in [0.2, 0.25) is 0 Å². The molecule has 0 aromatic heterocycles. The number of esters is 2. The van der Waals surface area contributed by atoms with Crippen molar-refractivity contribution < 1.29 is 23.5 Å². The van der Waals surface area contributed by atoms with E-state index in [2.05, 4.69) is 22.9 Å². The molecule has 0 aliphatic carbocycles. The van der Waals surface area contributed by atoms with Gasteiger partial charge in [0.05, 0.1) is 11.1 Å². The molecule has 0 saturated carbocycles. The lowest BCUT2D eigenvalue weighted by Gasteiger charge is -2.21. The standard InChI is InChI=1S/C19H26BrFO4/c1-4-5-6-7-8-9-12-24-17(22)19(2,3)18(23)25-16-11-10-14(21)13-15(16)20/h10-11,13H,4-9,12H2,1-3H3. The van der Waals surface area contributed by atoms with Crippen LogP contribution in [0, 0.1) is 11.2 Å². The summed E-state index contributed by atoms with van der Waals surface area (Å²) in [4.78, 5) is 24.5. The molecule has 0 aliphatic rings. The molecule has 0 heterocycles. The van der Waals surface area contributed by atoms with E-state index >= 15 is 0 Å². The number of ether oxygens (including phenoxy) is 2. The molecule has 0 aliphatic heterocycles. The molecule has 0 unspecified atom stereocenters. The number of hydrogen-bond acceptors (Lipinski definition) is 4. The number of carbonyl (C=O) groups is 2. The first-order valence-electron chi connectivity index (χ1n) is 8.63. The molecular weight excluding hydrogens is 391 g/mol. The highest BCUT2D eigenvalue weighted by Gasteiger charge is 2.40. The summed E-state index contributed by atoms with van der Waals surface area (Å²) in [5, 5.41) is 0. The number of rotatable bonds is 10. The van der Waals surface area contributed by atoms with Gasteiger partial charge in [0, 0.05) is 0 Å². The van der Waals surface area contributed by atoms with Gasteiger partial charge in [0.1, 0.15) is 11.6 Å². The van der Waals surface area contributed by atoms with Gasteiger partial charge in [0.25, 0.3) is 0 Å². The fourth-order valence-corrected chi connectivity index (χ4v) is 2.53. The van der Waals surface area contributed by atoms with Gasteiger partial charge in [-0.15, -0.1) is 0 Å². The first kappa shape index (κ1) is 21.6. The minimum Gasteiger partial charge on any atom is -0.465 e. The Bertz CT molecular complexity index is 587. The van der Waals surface area contributed by atoms with E-state index in [1.165, 1.54) is 51.3 Å². The van der Waals surface area contributed by atoms with Crippen molar-refractivity contribution in [2.24, 2.45) is 5.41 Å². The van der Waals surface area contributed by atoms with Crippen LogP contribution in [0.25, 0.3) is 0 Å². The summed E-state index contributed by atoms with van der Waals surface area (Å²) in [6.45, 7) is 5.36. The normalized spacial score (nSPS) is 11.2. The van der Waals surface area contributed by atoms with Crippen molar-refractivity contribution in [3.8, 4) is 5.75 Å². The predicted molar refractivity (Wildman–Crippen MR) is 97.9 cm³/mol. The Balaban J connectivity index is 2.46. The highest BCUT2D eigenvalue weighted by atomic mass is 79.9. The Kier molecular flexibility index (Phi) is 9.11. The van der Waals surface area contributed by atoms with E-state index in [9.17, 15) is 14.0 Å². The Hall–Kier alpha value is -1.43. The predicted octanol–water partition coefficient (Wildman–Crippen LogP) is 5.42. The first-order chi connectivity index (χ1) is 11.8. The molecular formula is C19H26BrFO4. The lowest BCUT2D eigenvalue weighted by Crippen LogP contribution is -2.38. The molecule has 1 aromatic carbocycles. The minimum atomic E-state index is -1.43. The van der Waals surface area contributed by atoms with Crippen molar-refractivity contribution >= 4 is 27.9 Å². The summed E-state index contributed by atoms with van der Waals surface area (Å²) >= 11 is 3.12. The van der Waals surface area contributed by atoms with E-state index in [1.807, 2.05) is 0 Å². The lowest BCUT2D eigenvalue weighted by atomic mass is 9.94. The number of halogens is 2. The van der Waals surface area contributed by atoms with Crippen molar-refractivity contribution in [1.29, 1.82) is 0 Å². The van der Waals surface area contributed by atoms with Crippen LogP contribution in [0.4, 0.5) is 4.39 Å². The Morgan fingerprint density at radius 2 is 1.72 bits per heavy atom. The zero-order chi connectivity index (χ0) is 18.9. The fourth-order valence-electron chi connectivity index (χ4n) is 2.10. The zero-order valence-electron chi connectivity index (χ0n) is 15.1. The van der Waals surface area contributed by atoms with Gasteiger partial charge in [-0.05, 0) is 54.4 Å². The average molecular weight is 417 g/mol. The maximum atomic E-state index is 13.1. The van der Waals surface area contributed by atoms with Crippen LogP contribution in [0.3, 0.4) is 0 Å². The molecule has 0 N–H and O–H groups in total. The maximum Gasteiger partial charge on any atom is 0.328 e. The monoisotopic (exact) mass is 416 g/mol. The summed E-state index contributed by atoms with van der Waals surface area (Å²) in [5.41, 5.74) is -1.43. The van der Waals surface area contributed by atoms with Gasteiger partial charge < -0.3 is 9.47 Å². The van der Waals surface area contributed by atoms with Gasteiger partial charge in [-0.3, -0.25) is 9.59 Å². The van der Waals surface area contributed by atoms with Crippen LogP contribution in [-0.2, 0) is 14.3 Å². The third-order valence-corrected chi connectivity index (χ3v) is 4.47. The first-order valence-corrected chi connectivity index (χ1v) is 9.43. The summed E-state index contributed by atoms with van der Waals surface area (Å²) < 4.78 is 23.8. The Morgan fingerprint density at radius 1 is 1.08 bits per heavy atom. The third-order valence-electron chi connectivity index (χ3n) is 3.85. The Labute approximate surface area is 157 Å². The Morgan fingerprint density at radius 3 is 2.36 bits per heavy atom. The van der Waals surface area contributed by atoms with Crippen molar-refractivity contribution in [2.75, 3.05) is 6.61 Å². The van der Waals surface area contributed by atoms with Crippen LogP contribution < -0.4 is 4.74 Å². The zero-order valence-corrected chi connectivity index (χ0v) is 16.7. The van der Waals surface area contributed by atoms with Gasteiger partial charge in [-0.1, -0.05) is 39.0 Å². The van der Waals surface area contributed by atoms with Crippen LogP contribution >= 0.6 is 15.9 Å². The molecule has 0 atom stereocenters. The molecule has 1 aromatic rings. The van der Waals surface area contributed by atoms with Gasteiger partial charge in [0.2, 0.25) is 0 Å². The minimum absolute atomic E-state index is 0.156. The van der Waals surface area contributed by atoms with E-state index in [1.54, 1.807) is 0 Å². The van der Waals surface area contributed by atoms with E-state index in [0.29, 0.717) is 11.1 Å². The molecule has 0 spiro atoms. The molecule has 0 fully saturated rings. The molecule has 25 heavy (non-hydrogen) atoms. The number of hydrogen-bond donors (Lipinski definition) is 0. The lowest BCUT2D eigenvalue weighted by molar-refractivity contribution is -0.164. The second kappa shape index (κ2) is 10.5. The molecule has 6 heteroatoms. The number of carbonyl (C=O) groups excluding carboxylic acids is 2. The molecule has 0 amide bonds. The topological polar surface area (TPSA) is 52.6 Å². The fraction of sp³-hybridized carbons (Fsp3) is 0.579.